The number of para-hydroxylation sites is 1. The van der Waals surface area contributed by atoms with E-state index in [9.17, 15) is 4.79 Å². The van der Waals surface area contributed by atoms with Crippen molar-refractivity contribution < 1.29 is 9.53 Å². The summed E-state index contributed by atoms with van der Waals surface area (Å²) in [6.07, 6.45) is 0. The molecule has 0 aliphatic heterocycles. The Morgan fingerprint density at radius 3 is 2.57 bits per heavy atom. The Balaban J connectivity index is 2.30. The molecule has 0 atom stereocenters. The minimum absolute atomic E-state index is 0.395. The molecule has 4 nitrogen and oxygen atoms in total. The molecule has 21 heavy (non-hydrogen) atoms. The van der Waals surface area contributed by atoms with Crippen molar-refractivity contribution in [2.24, 2.45) is 0 Å². The van der Waals surface area contributed by atoms with Gasteiger partial charge in [-0.05, 0) is 30.2 Å². The third-order valence-electron chi connectivity index (χ3n) is 3.57. The minimum Gasteiger partial charge on any atom is -0.465 e. The predicted octanol–water partition coefficient (Wildman–Crippen LogP) is 3.00. The summed E-state index contributed by atoms with van der Waals surface area (Å²) in [7, 11) is 3.31. The Hall–Kier alpha value is -2.49. The molecular formula is C17H20N2O2. The van der Waals surface area contributed by atoms with Gasteiger partial charge in [0.05, 0.1) is 24.0 Å². The van der Waals surface area contributed by atoms with Crippen LogP contribution >= 0.6 is 0 Å². The van der Waals surface area contributed by atoms with Gasteiger partial charge in [-0.2, -0.15) is 0 Å². The van der Waals surface area contributed by atoms with Gasteiger partial charge < -0.3 is 15.4 Å². The van der Waals surface area contributed by atoms with Gasteiger partial charge in [0.1, 0.15) is 0 Å². The average Bonchev–Trinajstić information content (AvgIpc) is 2.49. The summed E-state index contributed by atoms with van der Waals surface area (Å²) in [5.41, 5.74) is 10.2. The zero-order valence-electron chi connectivity index (χ0n) is 12.6. The summed E-state index contributed by atoms with van der Waals surface area (Å²) in [6, 6.07) is 13.6. The van der Waals surface area contributed by atoms with Gasteiger partial charge in [-0.25, -0.2) is 4.79 Å². The van der Waals surface area contributed by atoms with Crippen LogP contribution in [-0.2, 0) is 11.3 Å². The standard InChI is InChI=1S/C17H20N2O2/c1-12-7-4-5-8-13(12)11-19(2)15-10-6-9-14(16(15)18)17(20)21-3/h4-10H,11,18H2,1-3H3. The predicted molar refractivity (Wildman–Crippen MR) is 85.5 cm³/mol. The molecule has 2 rings (SSSR count). The number of ether oxygens (including phenoxy) is 1. The molecule has 0 radical (unpaired) electrons. The third kappa shape index (κ3) is 3.16. The molecule has 0 saturated carbocycles. The molecule has 0 unspecified atom stereocenters. The van der Waals surface area contributed by atoms with Crippen LogP contribution in [0.4, 0.5) is 11.4 Å². The van der Waals surface area contributed by atoms with E-state index in [2.05, 4.69) is 19.1 Å². The van der Waals surface area contributed by atoms with Crippen molar-refractivity contribution in [3.05, 3.63) is 59.2 Å². The second kappa shape index (κ2) is 6.31. The number of rotatable bonds is 4. The van der Waals surface area contributed by atoms with Crippen LogP contribution in [0.25, 0.3) is 0 Å². The second-order valence-corrected chi connectivity index (χ2v) is 5.01. The first kappa shape index (κ1) is 14.9. The minimum atomic E-state index is -0.418. The van der Waals surface area contributed by atoms with Crippen LogP contribution in [0.3, 0.4) is 0 Å². The molecule has 0 aromatic heterocycles. The summed E-state index contributed by atoms with van der Waals surface area (Å²) in [5.74, 6) is -0.418. The summed E-state index contributed by atoms with van der Waals surface area (Å²) in [6.45, 7) is 2.80. The SMILES string of the molecule is COC(=O)c1cccc(N(C)Cc2ccccc2C)c1N. The number of anilines is 2. The summed E-state index contributed by atoms with van der Waals surface area (Å²) < 4.78 is 4.75. The van der Waals surface area contributed by atoms with Crippen LogP contribution in [0, 0.1) is 6.92 Å². The van der Waals surface area contributed by atoms with Gasteiger partial charge in [0.2, 0.25) is 0 Å². The average molecular weight is 284 g/mol. The molecule has 2 aromatic carbocycles. The lowest BCUT2D eigenvalue weighted by Crippen LogP contribution is -2.19. The smallest absolute Gasteiger partial charge is 0.340 e. The zero-order valence-corrected chi connectivity index (χ0v) is 12.6. The highest BCUT2D eigenvalue weighted by Gasteiger charge is 2.15. The molecule has 0 amide bonds. The normalized spacial score (nSPS) is 10.2. The fourth-order valence-electron chi connectivity index (χ4n) is 2.30. The first-order chi connectivity index (χ1) is 10.0. The Morgan fingerprint density at radius 2 is 1.90 bits per heavy atom. The summed E-state index contributed by atoms with van der Waals surface area (Å²) in [4.78, 5) is 13.7. The van der Waals surface area contributed by atoms with E-state index in [1.807, 2.05) is 36.2 Å². The lowest BCUT2D eigenvalue weighted by molar-refractivity contribution is 0.0602. The maximum Gasteiger partial charge on any atom is 0.340 e. The highest BCUT2D eigenvalue weighted by atomic mass is 16.5. The molecule has 0 bridgehead atoms. The molecule has 4 heteroatoms. The van der Waals surface area contributed by atoms with E-state index in [4.69, 9.17) is 10.5 Å². The van der Waals surface area contributed by atoms with E-state index in [1.54, 1.807) is 6.07 Å². The summed E-state index contributed by atoms with van der Waals surface area (Å²) in [5, 5.41) is 0. The lowest BCUT2D eigenvalue weighted by Gasteiger charge is -2.23. The lowest BCUT2D eigenvalue weighted by atomic mass is 10.1. The first-order valence-corrected chi connectivity index (χ1v) is 6.77. The van der Waals surface area contributed by atoms with Crippen LogP contribution in [0.15, 0.2) is 42.5 Å². The zero-order chi connectivity index (χ0) is 15.4. The topological polar surface area (TPSA) is 55.6 Å². The third-order valence-corrected chi connectivity index (χ3v) is 3.57. The van der Waals surface area contributed by atoms with Crippen molar-refractivity contribution >= 4 is 17.3 Å². The van der Waals surface area contributed by atoms with E-state index in [0.29, 0.717) is 11.3 Å². The van der Waals surface area contributed by atoms with E-state index in [1.165, 1.54) is 18.2 Å². The van der Waals surface area contributed by atoms with Gasteiger partial charge in [-0.15, -0.1) is 0 Å². The van der Waals surface area contributed by atoms with Gasteiger partial charge in [0.15, 0.2) is 0 Å². The Bertz CT molecular complexity index is 653. The van der Waals surface area contributed by atoms with Crippen LogP contribution in [0.1, 0.15) is 21.5 Å². The van der Waals surface area contributed by atoms with Gasteiger partial charge in [0.25, 0.3) is 0 Å². The van der Waals surface area contributed by atoms with Crippen molar-refractivity contribution in [2.75, 3.05) is 24.8 Å². The molecule has 0 fully saturated rings. The fourth-order valence-corrected chi connectivity index (χ4v) is 2.30. The number of nitrogens with zero attached hydrogens (tertiary/aromatic N) is 1. The monoisotopic (exact) mass is 284 g/mol. The molecule has 0 spiro atoms. The van der Waals surface area contributed by atoms with E-state index in [0.717, 1.165) is 12.2 Å². The quantitative estimate of drug-likeness (QED) is 0.692. The molecule has 0 heterocycles. The van der Waals surface area contributed by atoms with Crippen molar-refractivity contribution in [1.29, 1.82) is 0 Å². The van der Waals surface area contributed by atoms with E-state index < -0.39 is 5.97 Å². The molecule has 2 N–H and O–H groups in total. The van der Waals surface area contributed by atoms with Crippen molar-refractivity contribution in [3.8, 4) is 0 Å². The number of nitrogen functional groups attached to an aromatic ring is 1. The van der Waals surface area contributed by atoms with Crippen LogP contribution in [-0.4, -0.2) is 20.1 Å². The van der Waals surface area contributed by atoms with Crippen molar-refractivity contribution in [3.63, 3.8) is 0 Å². The second-order valence-electron chi connectivity index (χ2n) is 5.01. The molecule has 0 saturated heterocycles. The number of aryl methyl sites for hydroxylation is 1. The molecular weight excluding hydrogens is 264 g/mol. The van der Waals surface area contributed by atoms with Crippen molar-refractivity contribution in [2.45, 2.75) is 13.5 Å². The highest BCUT2D eigenvalue weighted by Crippen LogP contribution is 2.27. The van der Waals surface area contributed by atoms with Gasteiger partial charge >= 0.3 is 5.97 Å². The van der Waals surface area contributed by atoms with Crippen LogP contribution < -0.4 is 10.6 Å². The number of nitrogens with two attached hydrogens (primary N) is 1. The number of benzene rings is 2. The number of hydrogen-bond acceptors (Lipinski definition) is 4. The first-order valence-electron chi connectivity index (χ1n) is 6.77. The van der Waals surface area contributed by atoms with E-state index >= 15 is 0 Å². The van der Waals surface area contributed by atoms with Crippen LogP contribution in [0.2, 0.25) is 0 Å². The number of carbonyl (C=O) groups excluding carboxylic acids is 1. The van der Waals surface area contributed by atoms with Crippen LogP contribution in [0.5, 0.6) is 0 Å². The molecule has 110 valence electrons. The Morgan fingerprint density at radius 1 is 1.19 bits per heavy atom. The maximum atomic E-state index is 11.7. The number of esters is 1. The number of carbonyl (C=O) groups is 1. The van der Waals surface area contributed by atoms with Gasteiger partial charge in [0, 0.05) is 13.6 Å². The number of methoxy groups -OCH3 is 1. The van der Waals surface area contributed by atoms with Gasteiger partial charge in [-0.3, -0.25) is 0 Å². The summed E-state index contributed by atoms with van der Waals surface area (Å²) >= 11 is 0. The number of hydrogen-bond donors (Lipinski definition) is 1. The molecule has 0 aliphatic carbocycles. The molecule has 0 aliphatic rings. The van der Waals surface area contributed by atoms with Gasteiger partial charge in [-0.1, -0.05) is 30.3 Å². The Kier molecular flexibility index (Phi) is 4.48. The maximum absolute atomic E-state index is 11.7. The van der Waals surface area contributed by atoms with Crippen molar-refractivity contribution in [1.82, 2.24) is 0 Å². The largest absolute Gasteiger partial charge is 0.465 e. The fraction of sp³-hybridized carbons (Fsp3) is 0.235. The van der Waals surface area contributed by atoms with E-state index in [-0.39, 0.29) is 0 Å². The molecule has 2 aromatic rings. The highest BCUT2D eigenvalue weighted by molar-refractivity contribution is 5.98. The Labute approximate surface area is 125 Å².